The van der Waals surface area contributed by atoms with Crippen LogP contribution in [-0.2, 0) is 4.74 Å². The van der Waals surface area contributed by atoms with E-state index in [4.69, 9.17) is 4.74 Å². The van der Waals surface area contributed by atoms with E-state index in [0.29, 0.717) is 11.6 Å². The highest BCUT2D eigenvalue weighted by atomic mass is 16.5. The van der Waals surface area contributed by atoms with Crippen LogP contribution in [0.3, 0.4) is 0 Å². The van der Waals surface area contributed by atoms with Crippen LogP contribution in [0, 0.1) is 0 Å². The molecule has 2 heterocycles. The maximum absolute atomic E-state index is 11.5. The van der Waals surface area contributed by atoms with Crippen LogP contribution in [0.1, 0.15) is 23.2 Å². The van der Waals surface area contributed by atoms with Crippen molar-refractivity contribution in [1.82, 2.24) is 9.88 Å². The second kappa shape index (κ2) is 6.02. The number of likely N-dealkylation sites (N-methyl/N-ethyl adjacent to an activating group) is 2. The number of carbonyl (C=O) groups is 1. The minimum atomic E-state index is -0.321. The minimum absolute atomic E-state index is 0.321. The number of piperidine rings is 1. The Morgan fingerprint density at radius 1 is 1.58 bits per heavy atom. The zero-order valence-electron chi connectivity index (χ0n) is 11.8. The molecule has 1 atom stereocenters. The molecule has 1 aliphatic rings. The Balaban J connectivity index is 2.14. The van der Waals surface area contributed by atoms with Gasteiger partial charge in [0.25, 0.3) is 0 Å². The number of esters is 1. The normalized spacial score (nSPS) is 20.1. The third kappa shape index (κ3) is 3.23. The molecule has 1 aromatic rings. The number of hydrogen-bond donors (Lipinski definition) is 0. The van der Waals surface area contributed by atoms with E-state index in [9.17, 15) is 4.79 Å². The molecule has 0 amide bonds. The van der Waals surface area contributed by atoms with Gasteiger partial charge in [0, 0.05) is 25.8 Å². The molecule has 5 heteroatoms. The molecule has 0 spiro atoms. The number of methoxy groups -OCH3 is 1. The van der Waals surface area contributed by atoms with Gasteiger partial charge >= 0.3 is 5.97 Å². The highest BCUT2D eigenvalue weighted by molar-refractivity contribution is 5.90. The van der Waals surface area contributed by atoms with Crippen LogP contribution < -0.4 is 4.90 Å². The summed E-state index contributed by atoms with van der Waals surface area (Å²) >= 11 is 0. The Morgan fingerprint density at radius 2 is 2.37 bits per heavy atom. The Hall–Kier alpha value is -1.62. The first-order chi connectivity index (χ1) is 9.11. The first-order valence-electron chi connectivity index (χ1n) is 6.57. The number of aromatic nitrogens is 1. The van der Waals surface area contributed by atoms with E-state index >= 15 is 0 Å². The van der Waals surface area contributed by atoms with Gasteiger partial charge in [0.15, 0.2) is 0 Å². The van der Waals surface area contributed by atoms with Gasteiger partial charge in [0.2, 0.25) is 0 Å². The third-order valence-corrected chi connectivity index (χ3v) is 3.68. The van der Waals surface area contributed by atoms with Gasteiger partial charge in [0.05, 0.1) is 12.7 Å². The summed E-state index contributed by atoms with van der Waals surface area (Å²) in [5.74, 6) is 0.501. The van der Waals surface area contributed by atoms with Crippen molar-refractivity contribution in [1.29, 1.82) is 0 Å². The van der Waals surface area contributed by atoms with Crippen LogP contribution >= 0.6 is 0 Å². The molecule has 0 bridgehead atoms. The standard InChI is InChI=1S/C14H21N3O2/c1-16-8-4-5-12(10-16)17(2)13-9-11(6-7-15-13)14(18)19-3/h6-7,9,12H,4-5,8,10H2,1-3H3. The summed E-state index contributed by atoms with van der Waals surface area (Å²) in [5, 5.41) is 0. The third-order valence-electron chi connectivity index (χ3n) is 3.68. The van der Waals surface area contributed by atoms with Gasteiger partial charge in [-0.1, -0.05) is 0 Å². The second-order valence-electron chi connectivity index (χ2n) is 5.06. The first kappa shape index (κ1) is 13.8. The lowest BCUT2D eigenvalue weighted by molar-refractivity contribution is 0.0600. The van der Waals surface area contributed by atoms with Crippen LogP contribution in [0.15, 0.2) is 18.3 Å². The van der Waals surface area contributed by atoms with Crippen LogP contribution in [-0.4, -0.2) is 56.2 Å². The van der Waals surface area contributed by atoms with Crippen molar-refractivity contribution in [3.05, 3.63) is 23.9 Å². The van der Waals surface area contributed by atoms with Crippen molar-refractivity contribution in [2.75, 3.05) is 39.2 Å². The molecule has 1 aromatic heterocycles. The molecule has 2 rings (SSSR count). The molecular formula is C14H21N3O2. The Kier molecular flexibility index (Phi) is 4.37. The number of carbonyl (C=O) groups excluding carboxylic acids is 1. The van der Waals surface area contributed by atoms with Crippen molar-refractivity contribution in [3.8, 4) is 0 Å². The van der Waals surface area contributed by atoms with Crippen LogP contribution in [0.4, 0.5) is 5.82 Å². The Labute approximate surface area is 114 Å². The summed E-state index contributed by atoms with van der Waals surface area (Å²) in [6.45, 7) is 2.18. The second-order valence-corrected chi connectivity index (χ2v) is 5.06. The highest BCUT2D eigenvalue weighted by Crippen LogP contribution is 2.20. The van der Waals surface area contributed by atoms with E-state index in [0.717, 1.165) is 25.3 Å². The smallest absolute Gasteiger partial charge is 0.338 e. The lowest BCUT2D eigenvalue weighted by Crippen LogP contribution is -2.45. The predicted octanol–water partition coefficient (Wildman–Crippen LogP) is 1.40. The fourth-order valence-corrected chi connectivity index (χ4v) is 2.50. The molecule has 0 saturated carbocycles. The monoisotopic (exact) mass is 263 g/mol. The van der Waals surface area contributed by atoms with Crippen LogP contribution in [0.25, 0.3) is 0 Å². The fourth-order valence-electron chi connectivity index (χ4n) is 2.50. The Bertz CT molecular complexity index is 450. The van der Waals surface area contributed by atoms with Crippen molar-refractivity contribution in [2.45, 2.75) is 18.9 Å². The molecule has 1 aliphatic heterocycles. The van der Waals surface area contributed by atoms with Crippen molar-refractivity contribution in [3.63, 3.8) is 0 Å². The SMILES string of the molecule is COC(=O)c1ccnc(N(C)C2CCCN(C)C2)c1. The zero-order valence-corrected chi connectivity index (χ0v) is 11.8. The maximum Gasteiger partial charge on any atom is 0.338 e. The number of nitrogens with zero attached hydrogens (tertiary/aromatic N) is 3. The lowest BCUT2D eigenvalue weighted by atomic mass is 10.0. The molecule has 19 heavy (non-hydrogen) atoms. The summed E-state index contributed by atoms with van der Waals surface area (Å²) < 4.78 is 4.74. The highest BCUT2D eigenvalue weighted by Gasteiger charge is 2.22. The van der Waals surface area contributed by atoms with E-state index < -0.39 is 0 Å². The fraction of sp³-hybridized carbons (Fsp3) is 0.571. The molecule has 0 aromatic carbocycles. The summed E-state index contributed by atoms with van der Waals surface area (Å²) in [6, 6.07) is 3.91. The Morgan fingerprint density at radius 3 is 3.05 bits per heavy atom. The zero-order chi connectivity index (χ0) is 13.8. The molecule has 104 valence electrons. The van der Waals surface area contributed by atoms with Gasteiger partial charge in [0.1, 0.15) is 5.82 Å². The van der Waals surface area contributed by atoms with Gasteiger partial charge < -0.3 is 14.5 Å². The average molecular weight is 263 g/mol. The van der Waals surface area contributed by atoms with Gasteiger partial charge in [-0.2, -0.15) is 0 Å². The molecule has 0 N–H and O–H groups in total. The number of hydrogen-bond acceptors (Lipinski definition) is 5. The number of pyridine rings is 1. The van der Waals surface area contributed by atoms with E-state index in [1.807, 2.05) is 7.05 Å². The van der Waals surface area contributed by atoms with Crippen LogP contribution in [0.5, 0.6) is 0 Å². The summed E-state index contributed by atoms with van der Waals surface area (Å²) in [7, 11) is 5.56. The van der Waals surface area contributed by atoms with Crippen LogP contribution in [0.2, 0.25) is 0 Å². The summed E-state index contributed by atoms with van der Waals surface area (Å²) in [4.78, 5) is 20.4. The average Bonchev–Trinajstić information content (AvgIpc) is 2.45. The lowest BCUT2D eigenvalue weighted by Gasteiger charge is -2.36. The van der Waals surface area contributed by atoms with E-state index in [2.05, 4.69) is 21.8 Å². The van der Waals surface area contributed by atoms with Crippen molar-refractivity contribution >= 4 is 11.8 Å². The molecule has 1 fully saturated rings. The van der Waals surface area contributed by atoms with Gasteiger partial charge in [-0.25, -0.2) is 9.78 Å². The van der Waals surface area contributed by atoms with Crippen molar-refractivity contribution < 1.29 is 9.53 Å². The molecule has 1 unspecified atom stereocenters. The minimum Gasteiger partial charge on any atom is -0.465 e. The van der Waals surface area contributed by atoms with E-state index in [1.165, 1.54) is 13.5 Å². The number of anilines is 1. The van der Waals surface area contributed by atoms with Gasteiger partial charge in [-0.05, 0) is 38.6 Å². The van der Waals surface area contributed by atoms with Gasteiger partial charge in [-0.15, -0.1) is 0 Å². The van der Waals surface area contributed by atoms with E-state index in [-0.39, 0.29) is 5.97 Å². The largest absolute Gasteiger partial charge is 0.465 e. The number of ether oxygens (including phenoxy) is 1. The summed E-state index contributed by atoms with van der Waals surface area (Å²) in [5.41, 5.74) is 0.545. The molecule has 5 nitrogen and oxygen atoms in total. The molecule has 0 radical (unpaired) electrons. The number of rotatable bonds is 3. The molecule has 0 aliphatic carbocycles. The first-order valence-corrected chi connectivity index (χ1v) is 6.57. The molecule has 1 saturated heterocycles. The molecular weight excluding hydrogens is 242 g/mol. The maximum atomic E-state index is 11.5. The van der Waals surface area contributed by atoms with Gasteiger partial charge in [-0.3, -0.25) is 0 Å². The summed E-state index contributed by atoms with van der Waals surface area (Å²) in [6.07, 6.45) is 4.01. The van der Waals surface area contributed by atoms with Crippen molar-refractivity contribution in [2.24, 2.45) is 0 Å². The topological polar surface area (TPSA) is 45.7 Å². The quantitative estimate of drug-likeness (QED) is 0.771. The predicted molar refractivity (Wildman–Crippen MR) is 74.5 cm³/mol. The van der Waals surface area contributed by atoms with E-state index in [1.54, 1.807) is 18.3 Å². The number of likely N-dealkylation sites (tertiary alicyclic amines) is 1.